The quantitative estimate of drug-likeness (QED) is 0.773. The second-order valence-corrected chi connectivity index (χ2v) is 5.51. The van der Waals surface area contributed by atoms with Gasteiger partial charge in [-0.2, -0.15) is 0 Å². The molecule has 2 heterocycles. The molecule has 0 atom stereocenters. The number of rotatable bonds is 3. The summed E-state index contributed by atoms with van der Waals surface area (Å²) in [6.45, 7) is 3.98. The Morgan fingerprint density at radius 1 is 1.21 bits per heavy atom. The van der Waals surface area contributed by atoms with E-state index in [1.54, 1.807) is 0 Å². The van der Waals surface area contributed by atoms with Crippen molar-refractivity contribution in [3.63, 3.8) is 0 Å². The molecule has 2 fully saturated rings. The number of benzene rings is 1. The maximum atomic E-state index is 12.3. The van der Waals surface area contributed by atoms with Crippen LogP contribution in [-0.2, 0) is 24.4 Å². The van der Waals surface area contributed by atoms with E-state index in [9.17, 15) is 4.79 Å². The molecule has 0 radical (unpaired) electrons. The molecule has 2 aliphatic heterocycles. The number of esters is 1. The number of hydrogen-bond donors (Lipinski definition) is 0. The Hall–Kier alpha value is -1.39. The van der Waals surface area contributed by atoms with Crippen LogP contribution in [0.3, 0.4) is 0 Å². The SMILES string of the molecule is COC(=O)C1(C2(c3cccc(C)c3)COC2)COC1. The maximum Gasteiger partial charge on any atom is 0.317 e. The van der Waals surface area contributed by atoms with E-state index in [1.807, 2.05) is 6.07 Å². The van der Waals surface area contributed by atoms with Crippen molar-refractivity contribution in [3.05, 3.63) is 35.4 Å². The van der Waals surface area contributed by atoms with Gasteiger partial charge in [0.25, 0.3) is 0 Å². The van der Waals surface area contributed by atoms with Gasteiger partial charge in [0.05, 0.1) is 39.0 Å². The van der Waals surface area contributed by atoms with Gasteiger partial charge in [0.15, 0.2) is 0 Å². The molecule has 2 saturated heterocycles. The molecular formula is C15H18O4. The highest BCUT2D eigenvalue weighted by molar-refractivity contribution is 5.81. The van der Waals surface area contributed by atoms with E-state index >= 15 is 0 Å². The van der Waals surface area contributed by atoms with Crippen LogP contribution >= 0.6 is 0 Å². The second kappa shape index (κ2) is 4.32. The Bertz CT molecular complexity index is 501. The standard InChI is InChI=1S/C15H18O4/c1-11-4-3-5-12(6-11)14(7-18-8-14)15(9-19-10-15)13(16)17-2/h3-6H,7-10H2,1-2H3. The molecule has 3 rings (SSSR count). The van der Waals surface area contributed by atoms with Crippen LogP contribution in [0.15, 0.2) is 24.3 Å². The molecule has 0 spiro atoms. The summed E-state index contributed by atoms with van der Waals surface area (Å²) in [5.74, 6) is -0.191. The zero-order valence-corrected chi connectivity index (χ0v) is 11.3. The minimum absolute atomic E-state index is 0.191. The predicted molar refractivity (Wildman–Crippen MR) is 68.9 cm³/mol. The molecule has 102 valence electrons. The van der Waals surface area contributed by atoms with Crippen LogP contribution in [0.4, 0.5) is 0 Å². The molecule has 0 aromatic heterocycles. The summed E-state index contributed by atoms with van der Waals surface area (Å²) in [7, 11) is 1.44. The van der Waals surface area contributed by atoms with E-state index in [0.29, 0.717) is 26.4 Å². The Morgan fingerprint density at radius 3 is 2.32 bits per heavy atom. The minimum atomic E-state index is -0.589. The second-order valence-electron chi connectivity index (χ2n) is 5.51. The first-order chi connectivity index (χ1) is 9.14. The lowest BCUT2D eigenvalue weighted by Gasteiger charge is -2.57. The third-order valence-corrected chi connectivity index (χ3v) is 4.46. The molecule has 4 heteroatoms. The van der Waals surface area contributed by atoms with Crippen LogP contribution in [0.25, 0.3) is 0 Å². The van der Waals surface area contributed by atoms with E-state index in [1.165, 1.54) is 12.7 Å². The highest BCUT2D eigenvalue weighted by atomic mass is 16.6. The fourth-order valence-corrected chi connectivity index (χ4v) is 3.06. The molecule has 4 nitrogen and oxygen atoms in total. The third kappa shape index (κ3) is 1.56. The fourth-order valence-electron chi connectivity index (χ4n) is 3.06. The maximum absolute atomic E-state index is 12.3. The monoisotopic (exact) mass is 262 g/mol. The van der Waals surface area contributed by atoms with Crippen molar-refractivity contribution in [2.75, 3.05) is 33.5 Å². The van der Waals surface area contributed by atoms with Crippen LogP contribution in [0.2, 0.25) is 0 Å². The van der Waals surface area contributed by atoms with Gasteiger partial charge in [-0.15, -0.1) is 0 Å². The smallest absolute Gasteiger partial charge is 0.317 e. The molecule has 0 amide bonds. The van der Waals surface area contributed by atoms with Gasteiger partial charge in [-0.3, -0.25) is 4.79 Å². The van der Waals surface area contributed by atoms with E-state index in [2.05, 4.69) is 25.1 Å². The van der Waals surface area contributed by atoms with Crippen molar-refractivity contribution >= 4 is 5.97 Å². The van der Waals surface area contributed by atoms with Gasteiger partial charge in [0, 0.05) is 0 Å². The van der Waals surface area contributed by atoms with E-state index in [-0.39, 0.29) is 11.4 Å². The molecule has 0 unspecified atom stereocenters. The Morgan fingerprint density at radius 2 is 1.89 bits per heavy atom. The Balaban J connectivity index is 2.06. The summed E-state index contributed by atoms with van der Waals surface area (Å²) >= 11 is 0. The first kappa shape index (κ1) is 12.6. The topological polar surface area (TPSA) is 44.8 Å². The summed E-state index contributed by atoms with van der Waals surface area (Å²) in [4.78, 5) is 12.3. The zero-order valence-electron chi connectivity index (χ0n) is 11.3. The number of carbonyl (C=O) groups excluding carboxylic acids is 1. The summed E-state index contributed by atoms with van der Waals surface area (Å²) < 4.78 is 15.8. The number of aryl methyl sites for hydroxylation is 1. The van der Waals surface area contributed by atoms with E-state index in [0.717, 1.165) is 5.56 Å². The van der Waals surface area contributed by atoms with Crippen molar-refractivity contribution in [3.8, 4) is 0 Å². The normalized spacial score (nSPS) is 23.1. The number of carbonyl (C=O) groups is 1. The van der Waals surface area contributed by atoms with Gasteiger partial charge in [-0.25, -0.2) is 0 Å². The number of hydrogen-bond acceptors (Lipinski definition) is 4. The van der Waals surface area contributed by atoms with Gasteiger partial charge in [-0.1, -0.05) is 29.8 Å². The van der Waals surface area contributed by atoms with E-state index < -0.39 is 5.41 Å². The van der Waals surface area contributed by atoms with Crippen LogP contribution in [0.1, 0.15) is 11.1 Å². The summed E-state index contributed by atoms with van der Waals surface area (Å²) in [5.41, 5.74) is 1.44. The van der Waals surface area contributed by atoms with Gasteiger partial charge < -0.3 is 14.2 Å². The predicted octanol–water partition coefficient (Wildman–Crippen LogP) is 1.45. The Kier molecular flexibility index (Phi) is 2.87. The van der Waals surface area contributed by atoms with Crippen LogP contribution in [-0.4, -0.2) is 39.5 Å². The summed E-state index contributed by atoms with van der Waals surface area (Å²) in [6.07, 6.45) is 0. The molecule has 0 bridgehead atoms. The van der Waals surface area contributed by atoms with Crippen LogP contribution < -0.4 is 0 Å². The number of methoxy groups -OCH3 is 1. The van der Waals surface area contributed by atoms with Gasteiger partial charge in [-0.05, 0) is 12.5 Å². The lowest BCUT2D eigenvalue weighted by atomic mass is 9.57. The van der Waals surface area contributed by atoms with Crippen molar-refractivity contribution in [1.82, 2.24) is 0 Å². The highest BCUT2D eigenvalue weighted by Gasteiger charge is 2.66. The average molecular weight is 262 g/mol. The average Bonchev–Trinajstić information content (AvgIpc) is 2.30. The summed E-state index contributed by atoms with van der Waals surface area (Å²) in [5, 5.41) is 0. The molecule has 0 saturated carbocycles. The largest absolute Gasteiger partial charge is 0.468 e. The Labute approximate surface area is 112 Å². The summed E-state index contributed by atoms with van der Waals surface area (Å²) in [6, 6.07) is 8.28. The lowest BCUT2D eigenvalue weighted by molar-refractivity contribution is -0.238. The van der Waals surface area contributed by atoms with Crippen molar-refractivity contribution in [2.45, 2.75) is 12.3 Å². The molecule has 1 aromatic carbocycles. The van der Waals surface area contributed by atoms with Crippen molar-refractivity contribution in [2.24, 2.45) is 5.41 Å². The van der Waals surface area contributed by atoms with Crippen LogP contribution in [0, 0.1) is 12.3 Å². The van der Waals surface area contributed by atoms with E-state index in [4.69, 9.17) is 14.2 Å². The highest BCUT2D eigenvalue weighted by Crippen LogP contribution is 2.52. The molecule has 0 N–H and O–H groups in total. The first-order valence-electron chi connectivity index (χ1n) is 6.46. The lowest BCUT2D eigenvalue weighted by Crippen LogP contribution is -2.70. The van der Waals surface area contributed by atoms with Crippen LogP contribution in [0.5, 0.6) is 0 Å². The van der Waals surface area contributed by atoms with Crippen molar-refractivity contribution < 1.29 is 19.0 Å². The third-order valence-electron chi connectivity index (χ3n) is 4.46. The zero-order chi connectivity index (χ0) is 13.5. The number of ether oxygens (including phenoxy) is 3. The molecule has 1 aromatic rings. The minimum Gasteiger partial charge on any atom is -0.468 e. The van der Waals surface area contributed by atoms with Crippen molar-refractivity contribution in [1.29, 1.82) is 0 Å². The fraction of sp³-hybridized carbons (Fsp3) is 0.533. The first-order valence-corrected chi connectivity index (χ1v) is 6.46. The molecular weight excluding hydrogens is 244 g/mol. The molecule has 2 aliphatic rings. The molecule has 0 aliphatic carbocycles. The van der Waals surface area contributed by atoms with Gasteiger partial charge in [0.2, 0.25) is 0 Å². The van der Waals surface area contributed by atoms with Gasteiger partial charge in [0.1, 0.15) is 5.41 Å². The van der Waals surface area contributed by atoms with Gasteiger partial charge >= 0.3 is 5.97 Å². The molecule has 19 heavy (non-hydrogen) atoms.